The van der Waals surface area contributed by atoms with Crippen LogP contribution in [0.25, 0.3) is 0 Å². The Labute approximate surface area is 111 Å². The van der Waals surface area contributed by atoms with Gasteiger partial charge < -0.3 is 10.5 Å². The molecule has 0 amide bonds. The van der Waals surface area contributed by atoms with Crippen LogP contribution in [-0.4, -0.2) is 67.8 Å². The summed E-state index contributed by atoms with van der Waals surface area (Å²) >= 11 is 0. The summed E-state index contributed by atoms with van der Waals surface area (Å²) in [5, 5.41) is 0. The second kappa shape index (κ2) is 5.87. The number of hydrogen-bond acceptors (Lipinski definition) is 4. The fourth-order valence-corrected chi connectivity index (χ4v) is 3.56. The molecule has 0 bridgehead atoms. The molecule has 1 saturated carbocycles. The van der Waals surface area contributed by atoms with Gasteiger partial charge in [-0.1, -0.05) is 6.92 Å². The summed E-state index contributed by atoms with van der Waals surface area (Å²) in [6, 6.07) is 0.630. The van der Waals surface area contributed by atoms with E-state index in [1.54, 1.807) is 7.11 Å². The van der Waals surface area contributed by atoms with Gasteiger partial charge in [0, 0.05) is 39.3 Å². The second-order valence-corrected chi connectivity index (χ2v) is 5.94. The van der Waals surface area contributed by atoms with Gasteiger partial charge in [0.1, 0.15) is 0 Å². The first-order chi connectivity index (χ1) is 8.67. The summed E-state index contributed by atoms with van der Waals surface area (Å²) in [5.74, 6) is 0.753. The molecular formula is C14H29N3O. The summed E-state index contributed by atoms with van der Waals surface area (Å²) in [5.41, 5.74) is 6.24. The number of likely N-dealkylation sites (N-methyl/N-ethyl adjacent to an activating group) is 1. The number of nitrogens with zero attached hydrogens (tertiary/aromatic N) is 2. The Morgan fingerprint density at radius 3 is 2.50 bits per heavy atom. The number of methoxy groups -OCH3 is 1. The van der Waals surface area contributed by atoms with Gasteiger partial charge in [-0.15, -0.1) is 0 Å². The monoisotopic (exact) mass is 255 g/mol. The Balaban J connectivity index is 2.07. The number of piperazine rings is 1. The van der Waals surface area contributed by atoms with E-state index in [9.17, 15) is 0 Å². The molecule has 2 atom stereocenters. The molecule has 4 heteroatoms. The van der Waals surface area contributed by atoms with Gasteiger partial charge in [-0.05, 0) is 32.2 Å². The lowest BCUT2D eigenvalue weighted by Crippen LogP contribution is -2.65. The zero-order chi connectivity index (χ0) is 13.2. The lowest BCUT2D eigenvalue weighted by molar-refractivity contribution is -0.0411. The largest absolute Gasteiger partial charge is 0.383 e. The maximum atomic E-state index is 6.14. The Bertz CT molecular complexity index is 270. The molecule has 18 heavy (non-hydrogen) atoms. The quantitative estimate of drug-likeness (QED) is 0.761. The Hall–Kier alpha value is -0.160. The van der Waals surface area contributed by atoms with Crippen molar-refractivity contribution >= 4 is 0 Å². The third-order valence-electron chi connectivity index (χ3n) is 4.89. The van der Waals surface area contributed by atoms with Crippen molar-refractivity contribution < 1.29 is 4.74 Å². The molecule has 106 valence electrons. The average molecular weight is 255 g/mol. The first kappa shape index (κ1) is 14.3. The highest BCUT2D eigenvalue weighted by Crippen LogP contribution is 2.43. The van der Waals surface area contributed by atoms with Crippen LogP contribution in [0.5, 0.6) is 0 Å². The van der Waals surface area contributed by atoms with E-state index in [0.29, 0.717) is 6.04 Å². The van der Waals surface area contributed by atoms with Crippen molar-refractivity contribution in [3.05, 3.63) is 0 Å². The molecule has 2 aliphatic rings. The summed E-state index contributed by atoms with van der Waals surface area (Å²) in [7, 11) is 1.80. The highest BCUT2D eigenvalue weighted by molar-refractivity contribution is 5.05. The van der Waals surface area contributed by atoms with Crippen LogP contribution in [0.15, 0.2) is 0 Å². The van der Waals surface area contributed by atoms with Gasteiger partial charge >= 0.3 is 0 Å². The minimum Gasteiger partial charge on any atom is -0.383 e. The lowest BCUT2D eigenvalue weighted by Gasteiger charge is -2.49. The first-order valence-electron chi connectivity index (χ1n) is 7.36. The smallest absolute Gasteiger partial charge is 0.0661 e. The van der Waals surface area contributed by atoms with Gasteiger partial charge in [-0.25, -0.2) is 0 Å². The third-order valence-corrected chi connectivity index (χ3v) is 4.89. The van der Waals surface area contributed by atoms with Gasteiger partial charge in [0.05, 0.1) is 12.1 Å². The predicted molar refractivity (Wildman–Crippen MR) is 74.7 cm³/mol. The first-order valence-corrected chi connectivity index (χ1v) is 7.36. The Morgan fingerprint density at radius 2 is 2.06 bits per heavy atom. The molecule has 0 radical (unpaired) electrons. The third kappa shape index (κ3) is 2.57. The SMILES string of the molecule is CCN1CCN(C(CN)(COC)C2CC2)CC1C. The molecule has 0 spiro atoms. The van der Waals surface area contributed by atoms with Crippen LogP contribution >= 0.6 is 0 Å². The van der Waals surface area contributed by atoms with Crippen molar-refractivity contribution in [3.63, 3.8) is 0 Å². The average Bonchev–Trinajstić information content (AvgIpc) is 3.20. The van der Waals surface area contributed by atoms with Gasteiger partial charge in [0.15, 0.2) is 0 Å². The molecule has 2 N–H and O–H groups in total. The number of hydrogen-bond donors (Lipinski definition) is 1. The van der Waals surface area contributed by atoms with Crippen LogP contribution in [0.2, 0.25) is 0 Å². The van der Waals surface area contributed by atoms with Gasteiger partial charge in [0.25, 0.3) is 0 Å². The fraction of sp³-hybridized carbons (Fsp3) is 1.00. The van der Waals surface area contributed by atoms with E-state index >= 15 is 0 Å². The summed E-state index contributed by atoms with van der Waals surface area (Å²) in [6.45, 7) is 10.7. The molecule has 0 aromatic heterocycles. The Kier molecular flexibility index (Phi) is 4.64. The molecule has 1 heterocycles. The molecular weight excluding hydrogens is 226 g/mol. The zero-order valence-corrected chi connectivity index (χ0v) is 12.2. The van der Waals surface area contributed by atoms with E-state index in [1.807, 2.05) is 0 Å². The van der Waals surface area contributed by atoms with Crippen molar-refractivity contribution in [2.24, 2.45) is 11.7 Å². The summed E-state index contributed by atoms with van der Waals surface area (Å²) < 4.78 is 5.51. The van der Waals surface area contributed by atoms with Crippen molar-refractivity contribution in [1.29, 1.82) is 0 Å². The highest BCUT2D eigenvalue weighted by atomic mass is 16.5. The topological polar surface area (TPSA) is 41.7 Å². The Morgan fingerprint density at radius 1 is 1.33 bits per heavy atom. The predicted octanol–water partition coefficient (Wildman–Crippen LogP) is 0.766. The van der Waals surface area contributed by atoms with Gasteiger partial charge in [0.2, 0.25) is 0 Å². The number of ether oxygens (including phenoxy) is 1. The van der Waals surface area contributed by atoms with E-state index in [1.165, 1.54) is 12.8 Å². The minimum atomic E-state index is 0.100. The molecule has 0 aromatic rings. The number of rotatable bonds is 6. The lowest BCUT2D eigenvalue weighted by atomic mass is 9.90. The van der Waals surface area contributed by atoms with Crippen molar-refractivity contribution in [2.45, 2.75) is 38.3 Å². The molecule has 2 unspecified atom stereocenters. The molecule has 2 fully saturated rings. The van der Waals surface area contributed by atoms with E-state index < -0.39 is 0 Å². The molecule has 1 aliphatic carbocycles. The van der Waals surface area contributed by atoms with Crippen LogP contribution < -0.4 is 5.73 Å². The number of nitrogens with two attached hydrogens (primary N) is 1. The maximum Gasteiger partial charge on any atom is 0.0661 e. The molecule has 0 aromatic carbocycles. The van der Waals surface area contributed by atoms with Crippen LogP contribution in [0.3, 0.4) is 0 Å². The zero-order valence-electron chi connectivity index (χ0n) is 12.2. The van der Waals surface area contributed by atoms with E-state index in [2.05, 4.69) is 23.6 Å². The van der Waals surface area contributed by atoms with Crippen LogP contribution in [0.1, 0.15) is 26.7 Å². The van der Waals surface area contributed by atoms with Crippen LogP contribution in [0.4, 0.5) is 0 Å². The molecule has 2 rings (SSSR count). The minimum absolute atomic E-state index is 0.100. The fourth-order valence-electron chi connectivity index (χ4n) is 3.56. The van der Waals surface area contributed by atoms with Crippen LogP contribution in [0, 0.1) is 5.92 Å². The van der Waals surface area contributed by atoms with E-state index in [0.717, 1.165) is 45.2 Å². The van der Waals surface area contributed by atoms with Gasteiger partial charge in [-0.3, -0.25) is 9.80 Å². The van der Waals surface area contributed by atoms with Crippen molar-refractivity contribution in [1.82, 2.24) is 9.80 Å². The maximum absolute atomic E-state index is 6.14. The highest BCUT2D eigenvalue weighted by Gasteiger charge is 2.49. The standard InChI is InChI=1S/C14H29N3O/c1-4-16-7-8-17(9-12(16)2)14(10-15,11-18-3)13-5-6-13/h12-13H,4-11,15H2,1-3H3. The van der Waals surface area contributed by atoms with Gasteiger partial charge in [-0.2, -0.15) is 0 Å². The van der Waals surface area contributed by atoms with Crippen LogP contribution in [-0.2, 0) is 4.74 Å². The molecule has 1 saturated heterocycles. The molecule has 1 aliphatic heterocycles. The van der Waals surface area contributed by atoms with E-state index in [4.69, 9.17) is 10.5 Å². The summed E-state index contributed by atoms with van der Waals surface area (Å²) in [4.78, 5) is 5.17. The summed E-state index contributed by atoms with van der Waals surface area (Å²) in [6.07, 6.45) is 2.64. The normalized spacial score (nSPS) is 30.3. The van der Waals surface area contributed by atoms with Crippen molar-refractivity contribution in [2.75, 3.05) is 46.4 Å². The second-order valence-electron chi connectivity index (χ2n) is 5.94. The van der Waals surface area contributed by atoms with E-state index in [-0.39, 0.29) is 5.54 Å². The van der Waals surface area contributed by atoms with Crippen molar-refractivity contribution in [3.8, 4) is 0 Å². The molecule has 4 nitrogen and oxygen atoms in total.